The molecule has 1 aliphatic rings. The van der Waals surface area contributed by atoms with Gasteiger partial charge in [0.2, 0.25) is 0 Å². The SMILES string of the molecule is Nc1cccc2c(N3CCc4ccc(F)cc43)ccnc12. The molecule has 0 amide bonds. The number of fused-ring (bicyclic) bond motifs is 2. The van der Waals surface area contributed by atoms with E-state index in [-0.39, 0.29) is 5.82 Å². The minimum atomic E-state index is -0.210. The van der Waals surface area contributed by atoms with Crippen molar-refractivity contribution < 1.29 is 4.39 Å². The molecule has 0 aliphatic carbocycles. The number of benzene rings is 2. The van der Waals surface area contributed by atoms with Crippen LogP contribution in [-0.2, 0) is 6.42 Å². The van der Waals surface area contributed by atoms with Crippen LogP contribution in [0.5, 0.6) is 0 Å². The number of nitrogens with two attached hydrogens (primary N) is 1. The number of nitrogens with zero attached hydrogens (tertiary/aromatic N) is 2. The Bertz CT molecular complexity index is 845. The molecule has 104 valence electrons. The van der Waals surface area contributed by atoms with Gasteiger partial charge in [0.25, 0.3) is 0 Å². The lowest BCUT2D eigenvalue weighted by atomic mass is 10.1. The van der Waals surface area contributed by atoms with Crippen molar-refractivity contribution in [2.24, 2.45) is 0 Å². The van der Waals surface area contributed by atoms with E-state index in [1.165, 1.54) is 11.6 Å². The number of anilines is 3. The van der Waals surface area contributed by atoms with Crippen molar-refractivity contribution in [3.8, 4) is 0 Å². The van der Waals surface area contributed by atoms with Crippen molar-refractivity contribution in [3.63, 3.8) is 0 Å². The second-order valence-corrected chi connectivity index (χ2v) is 5.25. The molecule has 0 fully saturated rings. The molecule has 4 rings (SSSR count). The number of aromatic nitrogens is 1. The van der Waals surface area contributed by atoms with E-state index in [9.17, 15) is 4.39 Å². The molecule has 0 bridgehead atoms. The average molecular weight is 279 g/mol. The Morgan fingerprint density at radius 3 is 2.90 bits per heavy atom. The van der Waals surface area contributed by atoms with Gasteiger partial charge >= 0.3 is 0 Å². The third-order valence-corrected chi connectivity index (χ3v) is 4.01. The Balaban J connectivity index is 1.94. The van der Waals surface area contributed by atoms with Crippen molar-refractivity contribution in [3.05, 3.63) is 60.0 Å². The third kappa shape index (κ3) is 1.83. The molecule has 3 nitrogen and oxygen atoms in total. The number of hydrogen-bond donors (Lipinski definition) is 1. The number of para-hydroxylation sites is 1. The zero-order valence-corrected chi connectivity index (χ0v) is 11.4. The number of rotatable bonds is 1. The minimum Gasteiger partial charge on any atom is -0.397 e. The summed E-state index contributed by atoms with van der Waals surface area (Å²) in [7, 11) is 0. The summed E-state index contributed by atoms with van der Waals surface area (Å²) in [6.45, 7) is 0.840. The van der Waals surface area contributed by atoms with E-state index < -0.39 is 0 Å². The van der Waals surface area contributed by atoms with Gasteiger partial charge in [0.15, 0.2) is 0 Å². The van der Waals surface area contributed by atoms with E-state index in [0.717, 1.165) is 35.2 Å². The normalized spacial score (nSPS) is 13.7. The quantitative estimate of drug-likeness (QED) is 0.691. The van der Waals surface area contributed by atoms with Gasteiger partial charge in [-0.05, 0) is 36.2 Å². The Hall–Kier alpha value is -2.62. The van der Waals surface area contributed by atoms with Crippen molar-refractivity contribution in [1.82, 2.24) is 4.98 Å². The third-order valence-electron chi connectivity index (χ3n) is 4.01. The summed E-state index contributed by atoms with van der Waals surface area (Å²) in [5.41, 5.74) is 10.6. The van der Waals surface area contributed by atoms with E-state index in [1.807, 2.05) is 30.3 Å². The highest BCUT2D eigenvalue weighted by molar-refractivity contribution is 5.99. The Labute approximate surface area is 121 Å². The van der Waals surface area contributed by atoms with E-state index >= 15 is 0 Å². The zero-order chi connectivity index (χ0) is 14.4. The van der Waals surface area contributed by atoms with Crippen LogP contribution in [0.15, 0.2) is 48.7 Å². The van der Waals surface area contributed by atoms with Gasteiger partial charge in [-0.25, -0.2) is 4.39 Å². The second-order valence-electron chi connectivity index (χ2n) is 5.25. The molecule has 0 saturated heterocycles. The van der Waals surface area contributed by atoms with Gasteiger partial charge in [-0.3, -0.25) is 4.98 Å². The smallest absolute Gasteiger partial charge is 0.125 e. The maximum atomic E-state index is 13.6. The van der Waals surface area contributed by atoms with Crippen LogP contribution in [0.4, 0.5) is 21.5 Å². The number of nitrogen functional groups attached to an aromatic ring is 1. The summed E-state index contributed by atoms with van der Waals surface area (Å²) < 4.78 is 13.6. The van der Waals surface area contributed by atoms with E-state index in [2.05, 4.69) is 9.88 Å². The summed E-state index contributed by atoms with van der Waals surface area (Å²) in [5.74, 6) is -0.210. The van der Waals surface area contributed by atoms with Crippen molar-refractivity contribution in [1.29, 1.82) is 0 Å². The van der Waals surface area contributed by atoms with Gasteiger partial charge in [-0.2, -0.15) is 0 Å². The van der Waals surface area contributed by atoms with Crippen LogP contribution >= 0.6 is 0 Å². The number of pyridine rings is 1. The second kappa shape index (κ2) is 4.45. The highest BCUT2D eigenvalue weighted by Crippen LogP contribution is 2.38. The Kier molecular flexibility index (Phi) is 2.57. The lowest BCUT2D eigenvalue weighted by Crippen LogP contribution is -2.14. The van der Waals surface area contributed by atoms with Crippen molar-refractivity contribution in [2.45, 2.75) is 6.42 Å². The van der Waals surface area contributed by atoms with E-state index in [0.29, 0.717) is 5.69 Å². The number of halogens is 1. The fraction of sp³-hybridized carbons (Fsp3) is 0.118. The van der Waals surface area contributed by atoms with Crippen LogP contribution in [0.25, 0.3) is 10.9 Å². The first-order valence-electron chi connectivity index (χ1n) is 6.93. The van der Waals surface area contributed by atoms with Crippen LogP contribution in [0, 0.1) is 5.82 Å². The molecule has 2 heterocycles. The molecule has 0 radical (unpaired) electrons. The standard InChI is InChI=1S/C17H14FN3/c18-12-5-4-11-7-9-21(16(11)10-12)15-6-8-20-17-13(15)2-1-3-14(17)19/h1-6,8,10H,7,9,19H2. The topological polar surface area (TPSA) is 42.1 Å². The van der Waals surface area contributed by atoms with E-state index in [4.69, 9.17) is 5.73 Å². The predicted molar refractivity (Wildman–Crippen MR) is 83.3 cm³/mol. The highest BCUT2D eigenvalue weighted by Gasteiger charge is 2.22. The number of hydrogen-bond acceptors (Lipinski definition) is 3. The molecule has 3 aromatic rings. The molecule has 4 heteroatoms. The largest absolute Gasteiger partial charge is 0.397 e. The van der Waals surface area contributed by atoms with Gasteiger partial charge in [0.05, 0.1) is 16.9 Å². The van der Waals surface area contributed by atoms with Gasteiger partial charge < -0.3 is 10.6 Å². The first-order valence-corrected chi connectivity index (χ1v) is 6.93. The summed E-state index contributed by atoms with van der Waals surface area (Å²) in [6.07, 6.45) is 2.67. The molecule has 0 atom stereocenters. The first-order chi connectivity index (χ1) is 10.2. The fourth-order valence-electron chi connectivity index (χ4n) is 3.02. The summed E-state index contributed by atoms with van der Waals surface area (Å²) in [6, 6.07) is 12.7. The van der Waals surface area contributed by atoms with Crippen LogP contribution in [0.3, 0.4) is 0 Å². The van der Waals surface area contributed by atoms with Crippen LogP contribution < -0.4 is 10.6 Å². The van der Waals surface area contributed by atoms with Crippen molar-refractivity contribution >= 4 is 28.0 Å². The van der Waals surface area contributed by atoms with Gasteiger partial charge in [-0.15, -0.1) is 0 Å². The molecule has 2 aromatic carbocycles. The summed E-state index contributed by atoms with van der Waals surface area (Å²) in [4.78, 5) is 6.50. The first kappa shape index (κ1) is 12.1. The predicted octanol–water partition coefficient (Wildman–Crippen LogP) is 3.65. The lowest BCUT2D eigenvalue weighted by molar-refractivity contribution is 0.628. The van der Waals surface area contributed by atoms with Crippen LogP contribution in [-0.4, -0.2) is 11.5 Å². The average Bonchev–Trinajstić information content (AvgIpc) is 2.90. The molecular weight excluding hydrogens is 265 g/mol. The lowest BCUT2D eigenvalue weighted by Gasteiger charge is -2.21. The Morgan fingerprint density at radius 2 is 2.00 bits per heavy atom. The van der Waals surface area contributed by atoms with Crippen LogP contribution in [0.1, 0.15) is 5.56 Å². The van der Waals surface area contributed by atoms with Gasteiger partial charge in [-0.1, -0.05) is 18.2 Å². The summed E-state index contributed by atoms with van der Waals surface area (Å²) in [5, 5.41) is 0.995. The fourth-order valence-corrected chi connectivity index (χ4v) is 3.02. The summed E-state index contributed by atoms with van der Waals surface area (Å²) >= 11 is 0. The highest BCUT2D eigenvalue weighted by atomic mass is 19.1. The Morgan fingerprint density at radius 1 is 1.10 bits per heavy atom. The van der Waals surface area contributed by atoms with E-state index in [1.54, 1.807) is 12.3 Å². The molecule has 0 saturated carbocycles. The molecule has 1 aliphatic heterocycles. The van der Waals surface area contributed by atoms with Gasteiger partial charge in [0.1, 0.15) is 5.82 Å². The molecule has 0 spiro atoms. The van der Waals surface area contributed by atoms with Gasteiger partial charge in [0, 0.05) is 23.8 Å². The molecule has 1 aromatic heterocycles. The van der Waals surface area contributed by atoms with Crippen LogP contribution in [0.2, 0.25) is 0 Å². The maximum absolute atomic E-state index is 13.6. The molecule has 0 unspecified atom stereocenters. The maximum Gasteiger partial charge on any atom is 0.125 e. The molecule has 21 heavy (non-hydrogen) atoms. The molecular formula is C17H14FN3. The van der Waals surface area contributed by atoms with Crippen molar-refractivity contribution in [2.75, 3.05) is 17.2 Å². The monoisotopic (exact) mass is 279 g/mol. The zero-order valence-electron chi connectivity index (χ0n) is 11.4. The molecule has 2 N–H and O–H groups in total. The minimum absolute atomic E-state index is 0.210.